The Morgan fingerprint density at radius 3 is 2.48 bits per heavy atom. The fourth-order valence-electron chi connectivity index (χ4n) is 2.53. The minimum atomic E-state index is -0.558. The van der Waals surface area contributed by atoms with Crippen molar-refractivity contribution in [3.8, 4) is 0 Å². The quantitative estimate of drug-likeness (QED) is 0.382. The molecule has 3 aromatic rings. The van der Waals surface area contributed by atoms with Crippen molar-refractivity contribution < 1.29 is 14.3 Å². The van der Waals surface area contributed by atoms with Crippen LogP contribution in [0.1, 0.15) is 5.56 Å². The molecule has 27 heavy (non-hydrogen) atoms. The van der Waals surface area contributed by atoms with Crippen molar-refractivity contribution >= 4 is 46.2 Å². The fraction of sp³-hybridized carbons (Fsp3) is 0.0909. The Balaban J connectivity index is 1.50. The Hall–Kier alpha value is -3.05. The minimum Gasteiger partial charge on any atom is -0.452 e. The Morgan fingerprint density at radius 2 is 1.74 bits per heavy atom. The molecule has 0 heterocycles. The molecule has 136 valence electrons. The predicted molar refractivity (Wildman–Crippen MR) is 111 cm³/mol. The zero-order valence-corrected chi connectivity index (χ0v) is 15.7. The van der Waals surface area contributed by atoms with E-state index >= 15 is 0 Å². The molecule has 3 aromatic carbocycles. The zero-order chi connectivity index (χ0) is 19.1. The molecule has 0 aromatic heterocycles. The number of thioether (sulfide) groups is 1. The van der Waals surface area contributed by atoms with Crippen LogP contribution in [0.4, 0.5) is 5.69 Å². The van der Waals surface area contributed by atoms with Crippen molar-refractivity contribution in [1.29, 1.82) is 0 Å². The van der Waals surface area contributed by atoms with Gasteiger partial charge in [-0.2, -0.15) is 0 Å². The van der Waals surface area contributed by atoms with Crippen LogP contribution in [-0.2, 0) is 14.3 Å². The molecule has 3 rings (SSSR count). The number of hydrogen-bond donors (Lipinski definition) is 1. The van der Waals surface area contributed by atoms with Crippen LogP contribution in [0.2, 0.25) is 0 Å². The van der Waals surface area contributed by atoms with Crippen LogP contribution in [0, 0.1) is 0 Å². The molecule has 4 nitrogen and oxygen atoms in total. The number of ether oxygens (including phenoxy) is 1. The molecule has 0 bridgehead atoms. The predicted octanol–water partition coefficient (Wildman–Crippen LogP) is 4.76. The summed E-state index contributed by atoms with van der Waals surface area (Å²) >= 11 is 1.65. The third kappa shape index (κ3) is 5.46. The summed E-state index contributed by atoms with van der Waals surface area (Å²) in [6.07, 6.45) is 4.98. The first-order chi connectivity index (χ1) is 13.1. The number of carbonyl (C=O) groups excluding carboxylic acids is 2. The summed E-state index contributed by atoms with van der Waals surface area (Å²) in [5.41, 5.74) is 1.56. The largest absolute Gasteiger partial charge is 0.452 e. The summed E-state index contributed by atoms with van der Waals surface area (Å²) in [4.78, 5) is 24.9. The average Bonchev–Trinajstić information content (AvgIpc) is 2.71. The lowest BCUT2D eigenvalue weighted by atomic mass is 10.1. The monoisotopic (exact) mass is 377 g/mol. The van der Waals surface area contributed by atoms with E-state index in [1.54, 1.807) is 17.8 Å². The number of hydrogen-bond acceptors (Lipinski definition) is 4. The van der Waals surface area contributed by atoms with Crippen LogP contribution in [0.25, 0.3) is 16.8 Å². The van der Waals surface area contributed by atoms with Crippen LogP contribution >= 0.6 is 11.8 Å². The summed E-state index contributed by atoms with van der Waals surface area (Å²) in [5.74, 6) is -0.936. The second-order valence-electron chi connectivity index (χ2n) is 5.82. The lowest BCUT2D eigenvalue weighted by Crippen LogP contribution is -2.20. The molecule has 0 aliphatic rings. The highest BCUT2D eigenvalue weighted by Gasteiger charge is 2.06. The third-order valence-electron chi connectivity index (χ3n) is 3.91. The summed E-state index contributed by atoms with van der Waals surface area (Å²) < 4.78 is 4.99. The molecule has 1 amide bonds. The SMILES string of the molecule is CSc1ccc(/C=C/C(=O)OCC(=O)Nc2ccc3ccccc3c2)cc1. The van der Waals surface area contributed by atoms with E-state index in [2.05, 4.69) is 5.32 Å². The van der Waals surface area contributed by atoms with E-state index in [1.807, 2.05) is 73.0 Å². The second-order valence-corrected chi connectivity index (χ2v) is 6.70. The number of amides is 1. The van der Waals surface area contributed by atoms with Gasteiger partial charge >= 0.3 is 5.97 Å². The van der Waals surface area contributed by atoms with Crippen LogP contribution < -0.4 is 5.32 Å². The smallest absolute Gasteiger partial charge is 0.331 e. The third-order valence-corrected chi connectivity index (χ3v) is 4.65. The molecular formula is C22H19NO3S. The van der Waals surface area contributed by atoms with Crippen LogP contribution in [0.3, 0.4) is 0 Å². The summed E-state index contributed by atoms with van der Waals surface area (Å²) in [6.45, 7) is -0.332. The number of esters is 1. The Bertz CT molecular complexity index is 980. The fourth-order valence-corrected chi connectivity index (χ4v) is 2.94. The van der Waals surface area contributed by atoms with Gasteiger partial charge in [0, 0.05) is 16.7 Å². The Labute approximate surface area is 162 Å². The molecular weight excluding hydrogens is 358 g/mol. The van der Waals surface area contributed by atoms with Crippen molar-refractivity contribution in [1.82, 2.24) is 0 Å². The number of benzene rings is 3. The molecule has 0 saturated heterocycles. The molecule has 0 radical (unpaired) electrons. The summed E-state index contributed by atoms with van der Waals surface area (Å²) in [5, 5.41) is 4.86. The number of nitrogens with one attached hydrogen (secondary N) is 1. The zero-order valence-electron chi connectivity index (χ0n) is 14.8. The standard InChI is InChI=1S/C22H19NO3S/c1-27-20-11-6-16(7-12-20)8-13-22(25)26-15-21(24)23-19-10-9-17-4-2-3-5-18(17)14-19/h2-14H,15H2,1H3,(H,23,24)/b13-8+. The van der Waals surface area contributed by atoms with E-state index in [-0.39, 0.29) is 12.5 Å². The van der Waals surface area contributed by atoms with Crippen molar-refractivity contribution in [3.63, 3.8) is 0 Å². The number of fused-ring (bicyclic) bond motifs is 1. The van der Waals surface area contributed by atoms with Crippen LogP contribution in [0.5, 0.6) is 0 Å². The number of rotatable bonds is 6. The maximum atomic E-state index is 12.0. The molecule has 5 heteroatoms. The topological polar surface area (TPSA) is 55.4 Å². The summed E-state index contributed by atoms with van der Waals surface area (Å²) in [7, 11) is 0. The first-order valence-electron chi connectivity index (χ1n) is 8.41. The lowest BCUT2D eigenvalue weighted by Gasteiger charge is -2.06. The number of carbonyl (C=O) groups is 2. The molecule has 0 unspecified atom stereocenters. The van der Waals surface area contributed by atoms with E-state index < -0.39 is 5.97 Å². The lowest BCUT2D eigenvalue weighted by molar-refractivity contribution is -0.142. The van der Waals surface area contributed by atoms with Crippen molar-refractivity contribution in [2.24, 2.45) is 0 Å². The maximum absolute atomic E-state index is 12.0. The maximum Gasteiger partial charge on any atom is 0.331 e. The van der Waals surface area contributed by atoms with Gasteiger partial charge in [0.05, 0.1) is 0 Å². The normalized spacial score (nSPS) is 10.9. The molecule has 0 saturated carbocycles. The van der Waals surface area contributed by atoms with Gasteiger partial charge in [-0.3, -0.25) is 4.79 Å². The van der Waals surface area contributed by atoms with Gasteiger partial charge in [0.25, 0.3) is 5.91 Å². The van der Waals surface area contributed by atoms with E-state index in [4.69, 9.17) is 4.74 Å². The highest BCUT2D eigenvalue weighted by molar-refractivity contribution is 7.98. The van der Waals surface area contributed by atoms with Gasteiger partial charge in [-0.1, -0.05) is 42.5 Å². The van der Waals surface area contributed by atoms with Gasteiger partial charge in [-0.25, -0.2) is 4.79 Å². The van der Waals surface area contributed by atoms with E-state index in [0.717, 1.165) is 21.2 Å². The summed E-state index contributed by atoms with van der Waals surface area (Å²) in [6, 6.07) is 21.3. The molecule has 0 atom stereocenters. The van der Waals surface area contributed by atoms with Gasteiger partial charge in [-0.05, 0) is 52.9 Å². The molecule has 0 aliphatic carbocycles. The van der Waals surface area contributed by atoms with Crippen molar-refractivity contribution in [3.05, 3.63) is 78.4 Å². The van der Waals surface area contributed by atoms with Crippen LogP contribution in [0.15, 0.2) is 77.7 Å². The Kier molecular flexibility index (Phi) is 6.28. The molecule has 0 fully saturated rings. The van der Waals surface area contributed by atoms with Crippen LogP contribution in [-0.4, -0.2) is 24.7 Å². The van der Waals surface area contributed by atoms with Gasteiger partial charge in [0.2, 0.25) is 0 Å². The second kappa shape index (κ2) is 9.05. The number of anilines is 1. The first-order valence-corrected chi connectivity index (χ1v) is 9.64. The molecule has 1 N–H and O–H groups in total. The van der Waals surface area contributed by atoms with Gasteiger partial charge in [0.1, 0.15) is 0 Å². The highest BCUT2D eigenvalue weighted by atomic mass is 32.2. The molecule has 0 spiro atoms. The van der Waals surface area contributed by atoms with Gasteiger partial charge in [0.15, 0.2) is 6.61 Å². The Morgan fingerprint density at radius 1 is 1.00 bits per heavy atom. The van der Waals surface area contributed by atoms with E-state index in [1.165, 1.54) is 6.08 Å². The van der Waals surface area contributed by atoms with E-state index in [9.17, 15) is 9.59 Å². The first kappa shape index (κ1) is 18.7. The average molecular weight is 377 g/mol. The van der Waals surface area contributed by atoms with Gasteiger partial charge < -0.3 is 10.1 Å². The highest BCUT2D eigenvalue weighted by Crippen LogP contribution is 2.19. The molecule has 0 aliphatic heterocycles. The van der Waals surface area contributed by atoms with Gasteiger partial charge in [-0.15, -0.1) is 11.8 Å². The van der Waals surface area contributed by atoms with Crippen molar-refractivity contribution in [2.45, 2.75) is 4.90 Å². The minimum absolute atomic E-state index is 0.332. The van der Waals surface area contributed by atoms with E-state index in [0.29, 0.717) is 5.69 Å². The van der Waals surface area contributed by atoms with Crippen molar-refractivity contribution in [2.75, 3.05) is 18.2 Å².